The van der Waals surface area contributed by atoms with Gasteiger partial charge in [0.2, 0.25) is 11.8 Å². The van der Waals surface area contributed by atoms with Gasteiger partial charge in [0.15, 0.2) is 0 Å². The highest BCUT2D eigenvalue weighted by Gasteiger charge is 2.09. The fraction of sp³-hybridized carbons (Fsp3) is 0.0909. The van der Waals surface area contributed by atoms with E-state index in [-0.39, 0.29) is 5.95 Å². The van der Waals surface area contributed by atoms with Crippen LogP contribution in [0.4, 0.5) is 5.95 Å². The van der Waals surface area contributed by atoms with Crippen molar-refractivity contribution in [2.75, 3.05) is 12.8 Å². The fourth-order valence-corrected chi connectivity index (χ4v) is 2.16. The lowest BCUT2D eigenvalue weighted by atomic mass is 10.3. The van der Waals surface area contributed by atoms with Crippen LogP contribution in [0.15, 0.2) is 33.3 Å². The van der Waals surface area contributed by atoms with Crippen molar-refractivity contribution < 1.29 is 9.47 Å². The average molecular weight is 375 g/mol. The van der Waals surface area contributed by atoms with E-state index in [9.17, 15) is 0 Å². The van der Waals surface area contributed by atoms with Crippen molar-refractivity contribution in [3.05, 3.63) is 33.3 Å². The van der Waals surface area contributed by atoms with Gasteiger partial charge in [0.1, 0.15) is 11.5 Å². The molecular weight excluding hydrogens is 366 g/mol. The maximum atomic E-state index is 5.61. The van der Waals surface area contributed by atoms with Crippen molar-refractivity contribution in [1.29, 1.82) is 0 Å². The zero-order chi connectivity index (χ0) is 13.1. The van der Waals surface area contributed by atoms with Crippen LogP contribution >= 0.6 is 31.9 Å². The Bertz CT molecular complexity index is 578. The van der Waals surface area contributed by atoms with Gasteiger partial charge in [-0.25, -0.2) is 4.98 Å². The van der Waals surface area contributed by atoms with Gasteiger partial charge >= 0.3 is 0 Å². The lowest BCUT2D eigenvalue weighted by Crippen LogP contribution is -1.96. The van der Waals surface area contributed by atoms with Gasteiger partial charge in [-0.2, -0.15) is 4.98 Å². The molecular formula is C11H9Br2N3O2. The van der Waals surface area contributed by atoms with Crippen LogP contribution in [-0.2, 0) is 0 Å². The number of benzene rings is 1. The Balaban J connectivity index is 2.32. The van der Waals surface area contributed by atoms with Gasteiger partial charge < -0.3 is 15.2 Å². The molecule has 0 spiro atoms. The van der Waals surface area contributed by atoms with Crippen LogP contribution in [0.1, 0.15) is 0 Å². The summed E-state index contributed by atoms with van der Waals surface area (Å²) in [4.78, 5) is 7.75. The van der Waals surface area contributed by atoms with Crippen molar-refractivity contribution in [1.82, 2.24) is 9.97 Å². The SMILES string of the molecule is COc1cc(Br)c(Oc2ccnc(N)n2)cc1Br. The normalized spacial score (nSPS) is 10.2. The topological polar surface area (TPSA) is 70.3 Å². The van der Waals surface area contributed by atoms with Crippen molar-refractivity contribution in [2.24, 2.45) is 0 Å². The second-order valence-corrected chi connectivity index (χ2v) is 4.98. The molecule has 0 amide bonds. The van der Waals surface area contributed by atoms with E-state index in [1.807, 2.05) is 0 Å². The maximum absolute atomic E-state index is 5.61. The minimum Gasteiger partial charge on any atom is -0.496 e. The lowest BCUT2D eigenvalue weighted by Gasteiger charge is -2.10. The molecule has 5 nitrogen and oxygen atoms in total. The highest BCUT2D eigenvalue weighted by molar-refractivity contribution is 9.11. The predicted octanol–water partition coefficient (Wildman–Crippen LogP) is 3.38. The van der Waals surface area contributed by atoms with Gasteiger partial charge in [-0.05, 0) is 44.0 Å². The van der Waals surface area contributed by atoms with Crippen molar-refractivity contribution >= 4 is 37.8 Å². The molecule has 1 aromatic heterocycles. The Labute approximate surface area is 121 Å². The Morgan fingerprint density at radius 1 is 1.17 bits per heavy atom. The van der Waals surface area contributed by atoms with Crippen LogP contribution < -0.4 is 15.2 Å². The van der Waals surface area contributed by atoms with E-state index >= 15 is 0 Å². The fourth-order valence-electron chi connectivity index (χ4n) is 1.27. The van der Waals surface area contributed by atoms with Crippen molar-refractivity contribution in [3.63, 3.8) is 0 Å². The standard InChI is InChI=1S/C11H9Br2N3O2/c1-17-8-4-7(13)9(5-6(8)12)18-10-2-3-15-11(14)16-10/h2-5H,1H3,(H2,14,15,16). The number of ether oxygens (including phenoxy) is 2. The molecule has 2 rings (SSSR count). The van der Waals surface area contributed by atoms with E-state index < -0.39 is 0 Å². The van der Waals surface area contributed by atoms with Crippen LogP contribution in [0.2, 0.25) is 0 Å². The smallest absolute Gasteiger partial charge is 0.224 e. The number of hydrogen-bond donors (Lipinski definition) is 1. The van der Waals surface area contributed by atoms with E-state index in [0.29, 0.717) is 17.4 Å². The van der Waals surface area contributed by atoms with Gasteiger partial charge in [-0.15, -0.1) is 0 Å². The molecule has 0 aliphatic rings. The molecule has 0 atom stereocenters. The summed E-state index contributed by atoms with van der Waals surface area (Å²) in [5.41, 5.74) is 5.48. The first-order chi connectivity index (χ1) is 8.60. The third-order valence-corrected chi connectivity index (χ3v) is 3.31. The molecule has 1 aromatic carbocycles. The summed E-state index contributed by atoms with van der Waals surface area (Å²) in [6.07, 6.45) is 1.53. The number of rotatable bonds is 3. The minimum atomic E-state index is 0.163. The van der Waals surface area contributed by atoms with E-state index in [2.05, 4.69) is 41.8 Å². The van der Waals surface area contributed by atoms with E-state index in [0.717, 1.165) is 8.95 Å². The molecule has 0 bridgehead atoms. The molecule has 18 heavy (non-hydrogen) atoms. The Morgan fingerprint density at radius 3 is 2.50 bits per heavy atom. The number of nitrogens with two attached hydrogens (primary N) is 1. The molecule has 94 valence electrons. The molecule has 0 aliphatic carbocycles. The van der Waals surface area contributed by atoms with Crippen molar-refractivity contribution in [2.45, 2.75) is 0 Å². The average Bonchev–Trinajstić information content (AvgIpc) is 2.33. The van der Waals surface area contributed by atoms with Gasteiger partial charge in [0.25, 0.3) is 0 Å². The summed E-state index contributed by atoms with van der Waals surface area (Å²) in [6, 6.07) is 5.20. The first-order valence-electron chi connectivity index (χ1n) is 4.89. The summed E-state index contributed by atoms with van der Waals surface area (Å²) in [5, 5.41) is 0. The number of nitrogen functional groups attached to an aromatic ring is 1. The summed E-state index contributed by atoms with van der Waals surface area (Å²) < 4.78 is 12.3. The minimum absolute atomic E-state index is 0.163. The summed E-state index contributed by atoms with van der Waals surface area (Å²) >= 11 is 6.78. The van der Waals surface area contributed by atoms with Crippen LogP contribution in [0.5, 0.6) is 17.4 Å². The third-order valence-electron chi connectivity index (χ3n) is 2.07. The van der Waals surface area contributed by atoms with Gasteiger partial charge in [-0.1, -0.05) is 0 Å². The van der Waals surface area contributed by atoms with Crippen LogP contribution in [0.25, 0.3) is 0 Å². The molecule has 0 unspecified atom stereocenters. The van der Waals surface area contributed by atoms with Gasteiger partial charge in [0, 0.05) is 12.3 Å². The van der Waals surface area contributed by atoms with Gasteiger partial charge in [0.05, 0.1) is 16.1 Å². The zero-order valence-corrected chi connectivity index (χ0v) is 12.5. The second kappa shape index (κ2) is 5.53. The molecule has 0 aliphatic heterocycles. The number of methoxy groups -OCH3 is 1. The van der Waals surface area contributed by atoms with Crippen LogP contribution in [0.3, 0.4) is 0 Å². The molecule has 2 N–H and O–H groups in total. The van der Waals surface area contributed by atoms with Gasteiger partial charge in [-0.3, -0.25) is 0 Å². The Morgan fingerprint density at radius 2 is 1.83 bits per heavy atom. The number of nitrogens with zero attached hydrogens (tertiary/aromatic N) is 2. The lowest BCUT2D eigenvalue weighted by molar-refractivity contribution is 0.408. The maximum Gasteiger partial charge on any atom is 0.224 e. The number of anilines is 1. The van der Waals surface area contributed by atoms with Crippen molar-refractivity contribution in [3.8, 4) is 17.4 Å². The molecule has 0 saturated carbocycles. The molecule has 7 heteroatoms. The first kappa shape index (κ1) is 13.1. The molecule has 0 radical (unpaired) electrons. The number of hydrogen-bond acceptors (Lipinski definition) is 5. The predicted molar refractivity (Wildman–Crippen MR) is 74.9 cm³/mol. The molecule has 2 aromatic rings. The zero-order valence-electron chi connectivity index (χ0n) is 9.35. The van der Waals surface area contributed by atoms with E-state index in [4.69, 9.17) is 15.2 Å². The molecule has 0 saturated heterocycles. The van der Waals surface area contributed by atoms with E-state index in [1.54, 1.807) is 25.3 Å². The first-order valence-corrected chi connectivity index (χ1v) is 6.48. The Hall–Kier alpha value is -1.34. The summed E-state index contributed by atoms with van der Waals surface area (Å²) in [7, 11) is 1.60. The highest BCUT2D eigenvalue weighted by Crippen LogP contribution is 2.37. The summed E-state index contributed by atoms with van der Waals surface area (Å²) in [5.74, 6) is 1.84. The highest BCUT2D eigenvalue weighted by atomic mass is 79.9. The van der Waals surface area contributed by atoms with Crippen LogP contribution in [-0.4, -0.2) is 17.1 Å². The Kier molecular flexibility index (Phi) is 4.03. The second-order valence-electron chi connectivity index (χ2n) is 3.27. The molecule has 0 fully saturated rings. The largest absolute Gasteiger partial charge is 0.496 e. The monoisotopic (exact) mass is 373 g/mol. The third kappa shape index (κ3) is 2.91. The summed E-state index contributed by atoms with van der Waals surface area (Å²) in [6.45, 7) is 0. The van der Waals surface area contributed by atoms with E-state index in [1.165, 1.54) is 6.20 Å². The quantitative estimate of drug-likeness (QED) is 0.891. The molecule has 1 heterocycles. The number of halogens is 2. The number of aromatic nitrogens is 2. The van der Waals surface area contributed by atoms with Crippen LogP contribution in [0, 0.1) is 0 Å².